The Morgan fingerprint density at radius 2 is 2.21 bits per heavy atom. The second-order valence-corrected chi connectivity index (χ2v) is 8.37. The lowest BCUT2D eigenvalue weighted by Gasteiger charge is -2.35. The molecule has 1 aromatic heterocycles. The number of hydrogen-bond acceptors (Lipinski definition) is 6. The van der Waals surface area contributed by atoms with Crippen LogP contribution in [0.2, 0.25) is 0 Å². The van der Waals surface area contributed by atoms with Gasteiger partial charge in [-0.15, -0.1) is 10.2 Å². The average molecular weight is 399 g/mol. The Balaban J connectivity index is 1.55. The highest BCUT2D eigenvalue weighted by molar-refractivity contribution is 7.99. The van der Waals surface area contributed by atoms with Crippen LogP contribution in [-0.4, -0.2) is 51.6 Å². The molecule has 0 spiro atoms. The molecule has 150 valence electrons. The summed E-state index contributed by atoms with van der Waals surface area (Å²) < 4.78 is 2.00. The number of nitrogens with one attached hydrogen (secondary N) is 1. The van der Waals surface area contributed by atoms with Crippen LogP contribution in [0.5, 0.6) is 0 Å². The minimum atomic E-state index is 0.581. The molecule has 1 N–H and O–H groups in total. The molecule has 7 heteroatoms. The van der Waals surface area contributed by atoms with Gasteiger partial charge in [-0.1, -0.05) is 30.8 Å². The van der Waals surface area contributed by atoms with E-state index in [1.54, 1.807) is 11.8 Å². The van der Waals surface area contributed by atoms with Crippen LogP contribution in [-0.2, 0) is 19.9 Å². The molecule has 1 aliphatic carbocycles. The minimum absolute atomic E-state index is 0.581. The summed E-state index contributed by atoms with van der Waals surface area (Å²) in [6, 6.07) is 9.12. The van der Waals surface area contributed by atoms with Gasteiger partial charge in [-0.25, -0.2) is 0 Å². The molecule has 28 heavy (non-hydrogen) atoms. The van der Waals surface area contributed by atoms with Crippen LogP contribution in [0.15, 0.2) is 23.4 Å². The van der Waals surface area contributed by atoms with Gasteiger partial charge in [0.25, 0.3) is 0 Å². The molecule has 1 heterocycles. The summed E-state index contributed by atoms with van der Waals surface area (Å²) in [5.74, 6) is 1.84. The van der Waals surface area contributed by atoms with E-state index in [0.29, 0.717) is 6.04 Å². The smallest absolute Gasteiger partial charge is 0.224 e. The average Bonchev–Trinajstić information content (AvgIpc) is 3.08. The van der Waals surface area contributed by atoms with E-state index in [4.69, 9.17) is 0 Å². The van der Waals surface area contributed by atoms with Crippen LogP contribution in [0.25, 0.3) is 0 Å². The number of thioether (sulfide) groups is 1. The van der Waals surface area contributed by atoms with Gasteiger partial charge in [0.15, 0.2) is 5.16 Å². The molecule has 1 aliphatic rings. The monoisotopic (exact) mass is 398 g/mol. The van der Waals surface area contributed by atoms with Gasteiger partial charge in [0, 0.05) is 25.9 Å². The first-order chi connectivity index (χ1) is 13.7. The fourth-order valence-electron chi connectivity index (χ4n) is 4.06. The maximum Gasteiger partial charge on any atom is 0.224 e. The molecule has 0 saturated heterocycles. The Kier molecular flexibility index (Phi) is 7.35. The number of fused-ring (bicyclic) bond motifs is 1. The third-order valence-electron chi connectivity index (χ3n) is 5.48. The van der Waals surface area contributed by atoms with Gasteiger partial charge in [0.2, 0.25) is 5.95 Å². The van der Waals surface area contributed by atoms with Crippen LogP contribution in [0.1, 0.15) is 42.9 Å². The van der Waals surface area contributed by atoms with Crippen molar-refractivity contribution in [2.75, 3.05) is 31.2 Å². The highest BCUT2D eigenvalue weighted by Gasteiger charge is 2.25. The Labute approximate surface area is 172 Å². The van der Waals surface area contributed by atoms with Crippen molar-refractivity contribution in [3.8, 4) is 6.07 Å². The molecule has 0 fully saturated rings. The number of anilines is 1. The number of benzene rings is 1. The molecule has 3 rings (SSSR count). The summed E-state index contributed by atoms with van der Waals surface area (Å²) in [6.45, 7) is 4.50. The second-order valence-electron chi connectivity index (χ2n) is 7.30. The number of aromatic nitrogens is 3. The van der Waals surface area contributed by atoms with E-state index in [0.717, 1.165) is 61.2 Å². The Hall–Kier alpha value is -2.04. The van der Waals surface area contributed by atoms with Crippen molar-refractivity contribution < 1.29 is 0 Å². The van der Waals surface area contributed by atoms with E-state index in [1.807, 2.05) is 30.8 Å². The van der Waals surface area contributed by atoms with Gasteiger partial charge in [0.1, 0.15) is 0 Å². The van der Waals surface area contributed by atoms with Crippen molar-refractivity contribution in [2.45, 2.75) is 50.2 Å². The van der Waals surface area contributed by atoms with E-state index in [1.165, 1.54) is 17.5 Å². The molecule has 0 bridgehead atoms. The quantitative estimate of drug-likeness (QED) is 0.515. The lowest BCUT2D eigenvalue weighted by atomic mass is 9.85. The number of nitrogens with zero attached hydrogens (tertiary/aromatic N) is 5. The fourth-order valence-corrected chi connectivity index (χ4v) is 4.89. The van der Waals surface area contributed by atoms with Gasteiger partial charge in [-0.2, -0.15) is 5.26 Å². The summed E-state index contributed by atoms with van der Waals surface area (Å²) >= 11 is 1.77. The van der Waals surface area contributed by atoms with Gasteiger partial charge in [-0.05, 0) is 62.4 Å². The maximum atomic E-state index is 9.35. The third kappa shape index (κ3) is 4.68. The summed E-state index contributed by atoms with van der Waals surface area (Å²) in [5.41, 5.74) is 3.50. The highest BCUT2D eigenvalue weighted by atomic mass is 32.2. The molecular formula is C21H30N6S. The molecule has 1 atom stereocenters. The maximum absolute atomic E-state index is 9.35. The predicted molar refractivity (Wildman–Crippen MR) is 115 cm³/mol. The molecule has 0 amide bonds. The third-order valence-corrected chi connectivity index (χ3v) is 6.59. The van der Waals surface area contributed by atoms with Crippen molar-refractivity contribution in [3.05, 3.63) is 34.9 Å². The van der Waals surface area contributed by atoms with Crippen LogP contribution >= 0.6 is 11.8 Å². The molecular weight excluding hydrogens is 368 g/mol. The van der Waals surface area contributed by atoms with Crippen molar-refractivity contribution in [3.63, 3.8) is 0 Å². The minimum Gasteiger partial charge on any atom is -0.357 e. The van der Waals surface area contributed by atoms with E-state index in [-0.39, 0.29) is 0 Å². The number of rotatable bonds is 9. The Morgan fingerprint density at radius 1 is 1.36 bits per heavy atom. The molecule has 0 saturated carbocycles. The van der Waals surface area contributed by atoms with E-state index in [2.05, 4.69) is 39.5 Å². The number of hydrogen-bond donors (Lipinski definition) is 1. The van der Waals surface area contributed by atoms with Gasteiger partial charge < -0.3 is 10.2 Å². The topological polar surface area (TPSA) is 69.8 Å². The van der Waals surface area contributed by atoms with Crippen LogP contribution < -0.4 is 5.32 Å². The molecule has 0 aliphatic heterocycles. The van der Waals surface area contributed by atoms with Crippen LogP contribution in [0, 0.1) is 11.3 Å². The van der Waals surface area contributed by atoms with E-state index in [9.17, 15) is 5.26 Å². The van der Waals surface area contributed by atoms with Gasteiger partial charge >= 0.3 is 0 Å². The standard InChI is InChI=1S/C21H30N6S/c1-4-11-27(12-6-13-28-21-25-24-20(23-2)26(21)3)18-9-10-19-16(14-18)7-5-8-17(19)15-22/h5,7-8,18H,4,6,9-14H2,1-3H3,(H,23,24). The Morgan fingerprint density at radius 3 is 2.93 bits per heavy atom. The first-order valence-electron chi connectivity index (χ1n) is 10.1. The van der Waals surface area contributed by atoms with Crippen molar-refractivity contribution in [2.24, 2.45) is 7.05 Å². The normalized spacial score (nSPS) is 16.0. The summed E-state index contributed by atoms with van der Waals surface area (Å²) in [6.07, 6.45) is 5.53. The molecule has 0 radical (unpaired) electrons. The zero-order valence-corrected chi connectivity index (χ0v) is 17.9. The van der Waals surface area contributed by atoms with Crippen molar-refractivity contribution >= 4 is 17.7 Å². The summed E-state index contributed by atoms with van der Waals surface area (Å²) in [5, 5.41) is 21.7. The predicted octanol–water partition coefficient (Wildman–Crippen LogP) is 3.48. The fraction of sp³-hybridized carbons (Fsp3) is 0.571. The molecule has 2 aromatic rings. The van der Waals surface area contributed by atoms with Crippen LogP contribution in [0.3, 0.4) is 0 Å². The van der Waals surface area contributed by atoms with Gasteiger partial charge in [-0.3, -0.25) is 4.57 Å². The summed E-state index contributed by atoms with van der Waals surface area (Å²) in [4.78, 5) is 2.65. The second kappa shape index (κ2) is 9.94. The lowest BCUT2D eigenvalue weighted by molar-refractivity contribution is 0.180. The zero-order valence-electron chi connectivity index (χ0n) is 17.1. The Bertz CT molecular complexity index is 825. The highest BCUT2D eigenvalue weighted by Crippen LogP contribution is 2.27. The molecule has 6 nitrogen and oxygen atoms in total. The van der Waals surface area contributed by atoms with E-state index < -0.39 is 0 Å². The van der Waals surface area contributed by atoms with E-state index >= 15 is 0 Å². The first kappa shape index (κ1) is 20.7. The first-order valence-corrected chi connectivity index (χ1v) is 11.1. The van der Waals surface area contributed by atoms with Crippen molar-refractivity contribution in [1.29, 1.82) is 5.26 Å². The van der Waals surface area contributed by atoms with Crippen molar-refractivity contribution in [1.82, 2.24) is 19.7 Å². The largest absolute Gasteiger partial charge is 0.357 e. The molecule has 1 aromatic carbocycles. The van der Waals surface area contributed by atoms with Gasteiger partial charge in [0.05, 0.1) is 11.6 Å². The SMILES string of the molecule is CCCN(CCCSc1nnc(NC)n1C)C1CCc2c(C#N)cccc2C1. The number of nitriles is 1. The van der Waals surface area contributed by atoms with Crippen LogP contribution in [0.4, 0.5) is 5.95 Å². The zero-order chi connectivity index (χ0) is 19.9. The summed E-state index contributed by atoms with van der Waals surface area (Å²) in [7, 11) is 3.86. The molecule has 1 unspecified atom stereocenters. The lowest BCUT2D eigenvalue weighted by Crippen LogP contribution is -2.40.